The molecule has 1 aromatic rings. The molecular formula is C12H16F2N2O. The molecule has 2 N–H and O–H groups in total. The van der Waals surface area contributed by atoms with E-state index < -0.39 is 11.6 Å². The lowest BCUT2D eigenvalue weighted by molar-refractivity contribution is -0.0266. The molecule has 0 aliphatic carbocycles. The maximum Gasteiger partial charge on any atom is 0.130 e. The number of morpholine rings is 1. The Kier molecular flexibility index (Phi) is 4.04. The molecule has 1 aliphatic heterocycles. The van der Waals surface area contributed by atoms with Crippen LogP contribution in [0.2, 0.25) is 0 Å². The molecule has 0 spiro atoms. The average Bonchev–Trinajstić information content (AvgIpc) is 2.34. The Morgan fingerprint density at radius 1 is 1.35 bits per heavy atom. The third-order valence-corrected chi connectivity index (χ3v) is 2.93. The fraction of sp³-hybridized carbons (Fsp3) is 0.500. The predicted octanol–water partition coefficient (Wildman–Crippen LogP) is 1.12. The number of halogens is 2. The summed E-state index contributed by atoms with van der Waals surface area (Å²) in [5.41, 5.74) is 5.63. The largest absolute Gasteiger partial charge is 0.374 e. The predicted molar refractivity (Wildman–Crippen MR) is 60.4 cm³/mol. The summed E-state index contributed by atoms with van der Waals surface area (Å²) in [6, 6.07) is 3.93. The van der Waals surface area contributed by atoms with Crippen molar-refractivity contribution >= 4 is 0 Å². The van der Waals surface area contributed by atoms with Crippen molar-refractivity contribution in [3.8, 4) is 0 Å². The molecule has 1 aromatic carbocycles. The van der Waals surface area contributed by atoms with E-state index in [0.29, 0.717) is 26.2 Å². The Morgan fingerprint density at radius 2 is 2.06 bits per heavy atom. The van der Waals surface area contributed by atoms with E-state index in [0.717, 1.165) is 0 Å². The molecule has 1 heterocycles. The molecule has 17 heavy (non-hydrogen) atoms. The first-order chi connectivity index (χ1) is 8.20. The highest BCUT2D eigenvalue weighted by atomic mass is 19.1. The zero-order chi connectivity index (χ0) is 12.3. The lowest BCUT2D eigenvalue weighted by Crippen LogP contribution is -2.45. The number of nitrogens with zero attached hydrogens (tertiary/aromatic N) is 1. The van der Waals surface area contributed by atoms with Crippen molar-refractivity contribution in [2.45, 2.75) is 12.6 Å². The van der Waals surface area contributed by atoms with Gasteiger partial charge in [0.15, 0.2) is 0 Å². The van der Waals surface area contributed by atoms with Crippen molar-refractivity contribution < 1.29 is 13.5 Å². The molecule has 1 saturated heterocycles. The summed E-state index contributed by atoms with van der Waals surface area (Å²) < 4.78 is 32.3. The van der Waals surface area contributed by atoms with Gasteiger partial charge in [0.25, 0.3) is 0 Å². The molecule has 1 unspecified atom stereocenters. The summed E-state index contributed by atoms with van der Waals surface area (Å²) in [6.07, 6.45) is -0.0430. The van der Waals surface area contributed by atoms with Crippen molar-refractivity contribution in [3.05, 3.63) is 35.4 Å². The van der Waals surface area contributed by atoms with Gasteiger partial charge in [0.05, 0.1) is 12.7 Å². The van der Waals surface area contributed by atoms with Gasteiger partial charge in [-0.3, -0.25) is 4.90 Å². The van der Waals surface area contributed by atoms with Crippen molar-refractivity contribution in [1.82, 2.24) is 4.90 Å². The van der Waals surface area contributed by atoms with E-state index in [1.807, 2.05) is 4.90 Å². The van der Waals surface area contributed by atoms with E-state index in [1.54, 1.807) is 0 Å². The van der Waals surface area contributed by atoms with Crippen LogP contribution < -0.4 is 5.73 Å². The van der Waals surface area contributed by atoms with Gasteiger partial charge in [0, 0.05) is 31.7 Å². The van der Waals surface area contributed by atoms with Crippen LogP contribution in [0.3, 0.4) is 0 Å². The van der Waals surface area contributed by atoms with Gasteiger partial charge in [0.1, 0.15) is 11.6 Å². The third kappa shape index (κ3) is 3.00. The average molecular weight is 242 g/mol. The van der Waals surface area contributed by atoms with Crippen LogP contribution in [0.25, 0.3) is 0 Å². The van der Waals surface area contributed by atoms with Gasteiger partial charge in [-0.05, 0) is 12.1 Å². The third-order valence-electron chi connectivity index (χ3n) is 2.93. The maximum absolute atomic E-state index is 13.5. The minimum atomic E-state index is -0.499. The molecule has 94 valence electrons. The summed E-state index contributed by atoms with van der Waals surface area (Å²) in [5, 5.41) is 0. The van der Waals surface area contributed by atoms with Crippen molar-refractivity contribution in [1.29, 1.82) is 0 Å². The summed E-state index contributed by atoms with van der Waals surface area (Å²) in [6.45, 7) is 2.53. The van der Waals surface area contributed by atoms with Gasteiger partial charge in [-0.25, -0.2) is 8.78 Å². The lowest BCUT2D eigenvalue weighted by Gasteiger charge is -2.32. The van der Waals surface area contributed by atoms with E-state index in [9.17, 15) is 8.78 Å². The van der Waals surface area contributed by atoms with Gasteiger partial charge >= 0.3 is 0 Å². The van der Waals surface area contributed by atoms with E-state index in [-0.39, 0.29) is 18.2 Å². The smallest absolute Gasteiger partial charge is 0.130 e. The first-order valence-electron chi connectivity index (χ1n) is 5.67. The zero-order valence-electron chi connectivity index (χ0n) is 9.53. The topological polar surface area (TPSA) is 38.5 Å². The molecule has 0 bridgehead atoms. The van der Waals surface area contributed by atoms with Crippen molar-refractivity contribution in [2.75, 3.05) is 26.2 Å². The quantitative estimate of drug-likeness (QED) is 0.863. The second-order valence-electron chi connectivity index (χ2n) is 4.16. The lowest BCUT2D eigenvalue weighted by atomic mass is 10.1. The van der Waals surface area contributed by atoms with E-state index >= 15 is 0 Å². The number of hydrogen-bond donors (Lipinski definition) is 1. The Balaban J connectivity index is 2.05. The van der Waals surface area contributed by atoms with Gasteiger partial charge in [0.2, 0.25) is 0 Å². The number of hydrogen-bond acceptors (Lipinski definition) is 3. The number of ether oxygens (including phenoxy) is 1. The van der Waals surface area contributed by atoms with Gasteiger partial charge < -0.3 is 10.5 Å². The van der Waals surface area contributed by atoms with Gasteiger partial charge in [-0.1, -0.05) is 6.07 Å². The van der Waals surface area contributed by atoms with Crippen LogP contribution in [0.1, 0.15) is 5.56 Å². The van der Waals surface area contributed by atoms with E-state index in [4.69, 9.17) is 10.5 Å². The van der Waals surface area contributed by atoms with Crippen LogP contribution in [0.15, 0.2) is 18.2 Å². The highest BCUT2D eigenvalue weighted by molar-refractivity contribution is 5.19. The van der Waals surface area contributed by atoms with Crippen LogP contribution in [-0.2, 0) is 11.3 Å². The van der Waals surface area contributed by atoms with Crippen LogP contribution in [-0.4, -0.2) is 37.2 Å². The van der Waals surface area contributed by atoms with Gasteiger partial charge in [-0.2, -0.15) is 0 Å². The Bertz CT molecular complexity index is 367. The Labute approximate surface area is 99.2 Å². The van der Waals surface area contributed by atoms with Crippen LogP contribution in [0, 0.1) is 11.6 Å². The van der Waals surface area contributed by atoms with E-state index in [1.165, 1.54) is 18.2 Å². The molecule has 1 fully saturated rings. The first-order valence-corrected chi connectivity index (χ1v) is 5.67. The fourth-order valence-corrected chi connectivity index (χ4v) is 1.97. The maximum atomic E-state index is 13.5. The second kappa shape index (κ2) is 5.53. The zero-order valence-corrected chi connectivity index (χ0v) is 9.53. The molecule has 0 saturated carbocycles. The molecule has 2 rings (SSSR count). The first kappa shape index (κ1) is 12.4. The monoisotopic (exact) mass is 242 g/mol. The molecular weight excluding hydrogens is 226 g/mol. The highest BCUT2D eigenvalue weighted by Gasteiger charge is 2.21. The minimum absolute atomic E-state index is 0.0430. The van der Waals surface area contributed by atoms with Gasteiger partial charge in [-0.15, -0.1) is 0 Å². The number of benzene rings is 1. The molecule has 3 nitrogen and oxygen atoms in total. The SMILES string of the molecule is NCC1CN(Cc2c(F)cccc2F)CCO1. The van der Waals surface area contributed by atoms with Crippen LogP contribution in [0.4, 0.5) is 8.78 Å². The highest BCUT2D eigenvalue weighted by Crippen LogP contribution is 2.16. The molecule has 0 amide bonds. The Hall–Kier alpha value is -1.04. The molecule has 1 atom stereocenters. The second-order valence-corrected chi connectivity index (χ2v) is 4.16. The summed E-state index contributed by atoms with van der Waals surface area (Å²) in [7, 11) is 0. The summed E-state index contributed by atoms with van der Waals surface area (Å²) in [5.74, 6) is -0.999. The molecule has 1 aliphatic rings. The molecule has 5 heteroatoms. The van der Waals surface area contributed by atoms with Crippen molar-refractivity contribution in [2.24, 2.45) is 5.73 Å². The van der Waals surface area contributed by atoms with E-state index in [2.05, 4.69) is 0 Å². The normalized spacial score (nSPS) is 21.7. The standard InChI is InChI=1S/C12H16F2N2O/c13-11-2-1-3-12(14)10(11)8-16-4-5-17-9(6-15)7-16/h1-3,9H,4-8,15H2. The summed E-state index contributed by atoms with van der Waals surface area (Å²) >= 11 is 0. The minimum Gasteiger partial charge on any atom is -0.374 e. The molecule has 0 aromatic heterocycles. The number of nitrogens with two attached hydrogens (primary N) is 1. The summed E-state index contributed by atoms with van der Waals surface area (Å²) in [4.78, 5) is 1.96. The van der Waals surface area contributed by atoms with Crippen LogP contribution in [0.5, 0.6) is 0 Å². The van der Waals surface area contributed by atoms with Crippen LogP contribution >= 0.6 is 0 Å². The Morgan fingerprint density at radius 3 is 2.71 bits per heavy atom. The molecule has 0 radical (unpaired) electrons. The fourth-order valence-electron chi connectivity index (χ4n) is 1.97. The van der Waals surface area contributed by atoms with Crippen molar-refractivity contribution in [3.63, 3.8) is 0 Å². The number of rotatable bonds is 3.